The molecule has 0 unspecified atom stereocenters. The molecule has 24 heavy (non-hydrogen) atoms. The molecule has 1 aliphatic heterocycles. The number of fused-ring (bicyclic) bond motifs is 1. The maximum absolute atomic E-state index is 12.4. The molecule has 0 saturated heterocycles. The van der Waals surface area contributed by atoms with Crippen molar-refractivity contribution in [3.63, 3.8) is 0 Å². The van der Waals surface area contributed by atoms with Crippen molar-refractivity contribution < 1.29 is 14.3 Å². The lowest BCUT2D eigenvalue weighted by atomic mass is 9.96. The quantitative estimate of drug-likeness (QED) is 0.861. The third-order valence-corrected chi connectivity index (χ3v) is 4.23. The topological polar surface area (TPSA) is 78.3 Å². The zero-order valence-electron chi connectivity index (χ0n) is 14.0. The van der Waals surface area contributed by atoms with Gasteiger partial charge in [0.1, 0.15) is 30.3 Å². The van der Waals surface area contributed by atoms with E-state index in [1.807, 2.05) is 29.7 Å². The van der Waals surface area contributed by atoms with Gasteiger partial charge in [0, 0.05) is 19.5 Å². The summed E-state index contributed by atoms with van der Waals surface area (Å²) in [4.78, 5) is 12.4. The molecule has 0 bridgehead atoms. The van der Waals surface area contributed by atoms with Gasteiger partial charge in [0.25, 0.3) is 0 Å². The number of amides is 1. The van der Waals surface area contributed by atoms with E-state index < -0.39 is 0 Å². The number of nitrogens with zero attached hydrogens (tertiary/aromatic N) is 3. The fourth-order valence-electron chi connectivity index (χ4n) is 2.84. The Balaban J connectivity index is 1.54. The predicted molar refractivity (Wildman–Crippen MR) is 88.1 cm³/mol. The van der Waals surface area contributed by atoms with Crippen LogP contribution in [0.2, 0.25) is 0 Å². The highest BCUT2D eigenvalue weighted by molar-refractivity contribution is 5.79. The van der Waals surface area contributed by atoms with Gasteiger partial charge in [-0.1, -0.05) is 0 Å². The van der Waals surface area contributed by atoms with Gasteiger partial charge in [-0.05, 0) is 37.1 Å². The number of carbonyl (C=O) groups is 1. The van der Waals surface area contributed by atoms with E-state index in [0.717, 1.165) is 29.4 Å². The van der Waals surface area contributed by atoms with E-state index in [-0.39, 0.29) is 11.8 Å². The Morgan fingerprint density at radius 1 is 1.50 bits per heavy atom. The van der Waals surface area contributed by atoms with Crippen LogP contribution in [-0.2, 0) is 24.2 Å². The molecule has 1 atom stereocenters. The highest BCUT2D eigenvalue weighted by Gasteiger charge is 2.26. The summed E-state index contributed by atoms with van der Waals surface area (Å²) in [5.74, 6) is 2.31. The van der Waals surface area contributed by atoms with E-state index in [1.165, 1.54) is 0 Å². The van der Waals surface area contributed by atoms with Crippen molar-refractivity contribution in [3.05, 3.63) is 35.9 Å². The fraction of sp³-hybridized carbons (Fsp3) is 0.471. The number of rotatable bonds is 6. The molecule has 1 aromatic heterocycles. The molecule has 2 aromatic rings. The SMILES string of the molecule is CCn1cnnc1CCNC(=O)[C@@H]1COc2ccc(OC)cc2C1. The minimum atomic E-state index is -0.186. The molecule has 0 spiro atoms. The fourth-order valence-corrected chi connectivity index (χ4v) is 2.84. The molecule has 7 nitrogen and oxygen atoms in total. The maximum Gasteiger partial charge on any atom is 0.226 e. The number of methoxy groups -OCH3 is 1. The van der Waals surface area contributed by atoms with E-state index in [0.29, 0.717) is 26.0 Å². The average Bonchev–Trinajstić information content (AvgIpc) is 3.08. The maximum atomic E-state index is 12.4. The highest BCUT2D eigenvalue weighted by atomic mass is 16.5. The summed E-state index contributed by atoms with van der Waals surface area (Å²) in [6.07, 6.45) is 3.03. The van der Waals surface area contributed by atoms with Crippen LogP contribution in [0.25, 0.3) is 0 Å². The Labute approximate surface area is 141 Å². The van der Waals surface area contributed by atoms with Gasteiger partial charge in [-0.2, -0.15) is 0 Å². The molecular formula is C17H22N4O3. The minimum Gasteiger partial charge on any atom is -0.497 e. The average molecular weight is 330 g/mol. The Morgan fingerprint density at radius 2 is 2.38 bits per heavy atom. The van der Waals surface area contributed by atoms with Gasteiger partial charge >= 0.3 is 0 Å². The number of hydrogen-bond acceptors (Lipinski definition) is 5. The van der Waals surface area contributed by atoms with Gasteiger partial charge < -0.3 is 19.4 Å². The first-order chi connectivity index (χ1) is 11.7. The Morgan fingerprint density at radius 3 is 3.17 bits per heavy atom. The summed E-state index contributed by atoms with van der Waals surface area (Å²) < 4.78 is 12.9. The number of aryl methyl sites for hydroxylation is 1. The lowest BCUT2D eigenvalue weighted by Crippen LogP contribution is -2.38. The first-order valence-electron chi connectivity index (χ1n) is 8.15. The molecule has 0 fully saturated rings. The number of benzene rings is 1. The number of aromatic nitrogens is 3. The van der Waals surface area contributed by atoms with Crippen LogP contribution in [-0.4, -0.2) is 40.9 Å². The van der Waals surface area contributed by atoms with Crippen LogP contribution in [0.5, 0.6) is 11.5 Å². The van der Waals surface area contributed by atoms with Crippen LogP contribution < -0.4 is 14.8 Å². The van der Waals surface area contributed by atoms with Gasteiger partial charge in [-0.15, -0.1) is 10.2 Å². The van der Waals surface area contributed by atoms with Gasteiger partial charge in [0.05, 0.1) is 13.0 Å². The van der Waals surface area contributed by atoms with E-state index in [2.05, 4.69) is 15.5 Å². The second kappa shape index (κ2) is 7.33. The zero-order chi connectivity index (χ0) is 16.9. The minimum absolute atomic E-state index is 0.00559. The van der Waals surface area contributed by atoms with Crippen molar-refractivity contribution in [1.29, 1.82) is 0 Å². The third-order valence-electron chi connectivity index (χ3n) is 4.23. The van der Waals surface area contributed by atoms with Crippen molar-refractivity contribution in [2.45, 2.75) is 26.3 Å². The molecule has 2 heterocycles. The van der Waals surface area contributed by atoms with E-state index in [1.54, 1.807) is 13.4 Å². The number of nitrogens with one attached hydrogen (secondary N) is 1. The Bertz CT molecular complexity index is 714. The van der Waals surface area contributed by atoms with Crippen LogP contribution in [0.3, 0.4) is 0 Å². The van der Waals surface area contributed by atoms with Crippen LogP contribution in [0.1, 0.15) is 18.3 Å². The molecule has 3 rings (SSSR count). The molecular weight excluding hydrogens is 308 g/mol. The Kier molecular flexibility index (Phi) is 4.98. The molecule has 1 amide bonds. The number of hydrogen-bond donors (Lipinski definition) is 1. The van der Waals surface area contributed by atoms with E-state index in [4.69, 9.17) is 9.47 Å². The summed E-state index contributed by atoms with van der Waals surface area (Å²) in [5.41, 5.74) is 1.01. The lowest BCUT2D eigenvalue weighted by molar-refractivity contribution is -0.126. The summed E-state index contributed by atoms with van der Waals surface area (Å²) in [7, 11) is 1.63. The standard InChI is InChI=1S/C17H22N4O3/c1-3-21-11-19-20-16(21)6-7-18-17(22)13-8-12-9-14(23-2)4-5-15(12)24-10-13/h4-5,9,11,13H,3,6-8,10H2,1-2H3,(H,18,22)/t13-/m0/s1. The van der Waals surface area contributed by atoms with Crippen LogP contribution in [0, 0.1) is 5.92 Å². The van der Waals surface area contributed by atoms with Crippen LogP contribution >= 0.6 is 0 Å². The summed E-state index contributed by atoms with van der Waals surface area (Å²) in [6, 6.07) is 5.68. The molecule has 0 radical (unpaired) electrons. The predicted octanol–water partition coefficient (Wildman–Crippen LogP) is 1.22. The van der Waals surface area contributed by atoms with Gasteiger partial charge in [-0.25, -0.2) is 0 Å². The van der Waals surface area contributed by atoms with Crippen LogP contribution in [0.4, 0.5) is 0 Å². The zero-order valence-corrected chi connectivity index (χ0v) is 14.0. The number of carbonyl (C=O) groups excluding carboxylic acids is 1. The summed E-state index contributed by atoms with van der Waals surface area (Å²) >= 11 is 0. The molecule has 0 saturated carbocycles. The van der Waals surface area contributed by atoms with E-state index in [9.17, 15) is 4.79 Å². The smallest absolute Gasteiger partial charge is 0.226 e. The molecule has 7 heteroatoms. The van der Waals surface area contributed by atoms with Gasteiger partial charge in [0.15, 0.2) is 0 Å². The van der Waals surface area contributed by atoms with Crippen molar-refractivity contribution >= 4 is 5.91 Å². The van der Waals surface area contributed by atoms with Crippen molar-refractivity contribution in [2.75, 3.05) is 20.3 Å². The van der Waals surface area contributed by atoms with Crippen molar-refractivity contribution in [3.8, 4) is 11.5 Å². The molecule has 0 aliphatic carbocycles. The second-order valence-electron chi connectivity index (χ2n) is 5.76. The van der Waals surface area contributed by atoms with Gasteiger partial charge in [0.2, 0.25) is 5.91 Å². The van der Waals surface area contributed by atoms with E-state index >= 15 is 0 Å². The summed E-state index contributed by atoms with van der Waals surface area (Å²) in [6.45, 7) is 3.80. The number of ether oxygens (including phenoxy) is 2. The molecule has 1 aromatic carbocycles. The Hall–Kier alpha value is -2.57. The molecule has 128 valence electrons. The first kappa shape index (κ1) is 16.3. The summed E-state index contributed by atoms with van der Waals surface area (Å²) in [5, 5.41) is 10.9. The van der Waals surface area contributed by atoms with Gasteiger partial charge in [-0.3, -0.25) is 4.79 Å². The third kappa shape index (κ3) is 3.50. The largest absolute Gasteiger partial charge is 0.497 e. The second-order valence-corrected chi connectivity index (χ2v) is 5.76. The van der Waals surface area contributed by atoms with Crippen molar-refractivity contribution in [1.82, 2.24) is 20.1 Å². The molecule has 1 aliphatic rings. The van der Waals surface area contributed by atoms with Crippen molar-refractivity contribution in [2.24, 2.45) is 5.92 Å². The lowest BCUT2D eigenvalue weighted by Gasteiger charge is -2.25. The molecule has 1 N–H and O–H groups in total. The monoisotopic (exact) mass is 330 g/mol. The van der Waals surface area contributed by atoms with Crippen LogP contribution in [0.15, 0.2) is 24.5 Å². The normalized spacial score (nSPS) is 16.2. The highest BCUT2D eigenvalue weighted by Crippen LogP contribution is 2.30. The first-order valence-corrected chi connectivity index (χ1v) is 8.15.